The standard InChI is InChI=1S/C57H98O6/c1-4-7-10-13-16-19-22-25-27-28-30-32-35-38-41-44-47-50-56(59)62-53-54(52-61-55(58)49-46-43-40-37-34-31-24-21-18-15-12-9-6-3)63-57(60)51-48-45-42-39-36-33-29-26-23-20-17-14-11-8-5-2/h16-17,19-21,24-27,29-30,32,54H,4-15,18,22-23,28,31,33-53H2,1-3H3/b19-16+,20-17+,24-21+,27-25+,29-26+,32-30+/t54-/m1/s1. The van der Waals surface area contributed by atoms with Crippen molar-refractivity contribution >= 4 is 17.9 Å². The Kier molecular flexibility index (Phi) is 48.9. The van der Waals surface area contributed by atoms with Crippen LogP contribution in [0.5, 0.6) is 0 Å². The summed E-state index contributed by atoms with van der Waals surface area (Å²) >= 11 is 0. The molecule has 0 saturated carbocycles. The molecule has 0 unspecified atom stereocenters. The lowest BCUT2D eigenvalue weighted by Crippen LogP contribution is -2.30. The molecule has 1 atom stereocenters. The number of allylic oxidation sites excluding steroid dienone is 12. The highest BCUT2D eigenvalue weighted by atomic mass is 16.6. The van der Waals surface area contributed by atoms with Crippen LogP contribution in [-0.4, -0.2) is 37.2 Å². The molecular formula is C57H98O6. The topological polar surface area (TPSA) is 78.9 Å². The Bertz CT molecular complexity index is 1190. The number of ether oxygens (including phenoxy) is 3. The van der Waals surface area contributed by atoms with Crippen molar-refractivity contribution in [3.63, 3.8) is 0 Å². The van der Waals surface area contributed by atoms with Gasteiger partial charge in [-0.25, -0.2) is 0 Å². The van der Waals surface area contributed by atoms with Gasteiger partial charge in [-0.3, -0.25) is 14.4 Å². The molecule has 0 spiro atoms. The monoisotopic (exact) mass is 879 g/mol. The summed E-state index contributed by atoms with van der Waals surface area (Å²) in [6.07, 6.45) is 64.5. The summed E-state index contributed by atoms with van der Waals surface area (Å²) in [6, 6.07) is 0. The molecule has 0 amide bonds. The summed E-state index contributed by atoms with van der Waals surface area (Å²) in [6.45, 7) is 6.53. The number of carbonyl (C=O) groups excluding carboxylic acids is 3. The first kappa shape index (κ1) is 59.9. The molecule has 0 bridgehead atoms. The van der Waals surface area contributed by atoms with Crippen molar-refractivity contribution in [2.75, 3.05) is 13.2 Å². The van der Waals surface area contributed by atoms with E-state index in [0.29, 0.717) is 19.3 Å². The van der Waals surface area contributed by atoms with Crippen LogP contribution < -0.4 is 0 Å². The number of hydrogen-bond acceptors (Lipinski definition) is 6. The van der Waals surface area contributed by atoms with Gasteiger partial charge in [-0.05, 0) is 116 Å². The van der Waals surface area contributed by atoms with E-state index in [4.69, 9.17) is 14.2 Å². The van der Waals surface area contributed by atoms with Gasteiger partial charge in [-0.2, -0.15) is 0 Å². The van der Waals surface area contributed by atoms with Gasteiger partial charge in [0.25, 0.3) is 0 Å². The number of carbonyl (C=O) groups is 3. The summed E-state index contributed by atoms with van der Waals surface area (Å²) in [4.78, 5) is 38.0. The van der Waals surface area contributed by atoms with Crippen molar-refractivity contribution < 1.29 is 28.6 Å². The highest BCUT2D eigenvalue weighted by Crippen LogP contribution is 2.13. The Hall–Kier alpha value is -3.15. The summed E-state index contributed by atoms with van der Waals surface area (Å²) in [5.41, 5.74) is 0. The number of hydrogen-bond donors (Lipinski definition) is 0. The van der Waals surface area contributed by atoms with Gasteiger partial charge in [0.1, 0.15) is 13.2 Å². The van der Waals surface area contributed by atoms with Gasteiger partial charge in [0.15, 0.2) is 6.10 Å². The van der Waals surface area contributed by atoms with Crippen LogP contribution in [0.3, 0.4) is 0 Å². The first-order valence-electron chi connectivity index (χ1n) is 26.4. The summed E-state index contributed by atoms with van der Waals surface area (Å²) in [7, 11) is 0. The van der Waals surface area contributed by atoms with Crippen molar-refractivity contribution in [1.29, 1.82) is 0 Å². The van der Waals surface area contributed by atoms with E-state index in [9.17, 15) is 14.4 Å². The fraction of sp³-hybridized carbons (Fsp3) is 0.737. The largest absolute Gasteiger partial charge is 0.462 e. The highest BCUT2D eigenvalue weighted by Gasteiger charge is 2.19. The molecule has 6 nitrogen and oxygen atoms in total. The van der Waals surface area contributed by atoms with E-state index in [1.165, 1.54) is 96.3 Å². The predicted octanol–water partition coefficient (Wildman–Crippen LogP) is 17.4. The minimum Gasteiger partial charge on any atom is -0.462 e. The van der Waals surface area contributed by atoms with Crippen LogP contribution in [0, 0.1) is 0 Å². The first-order chi connectivity index (χ1) is 31.0. The maximum Gasteiger partial charge on any atom is 0.306 e. The van der Waals surface area contributed by atoms with Crippen LogP contribution >= 0.6 is 0 Å². The van der Waals surface area contributed by atoms with E-state index in [0.717, 1.165) is 116 Å². The van der Waals surface area contributed by atoms with Crippen molar-refractivity contribution in [1.82, 2.24) is 0 Å². The zero-order valence-electron chi connectivity index (χ0n) is 41.3. The molecule has 0 aliphatic carbocycles. The number of rotatable bonds is 47. The van der Waals surface area contributed by atoms with Gasteiger partial charge >= 0.3 is 17.9 Å². The Balaban J connectivity index is 4.46. The van der Waals surface area contributed by atoms with Gasteiger partial charge in [0.2, 0.25) is 0 Å². The molecule has 0 fully saturated rings. The van der Waals surface area contributed by atoms with E-state index in [1.807, 2.05) is 0 Å². The zero-order valence-corrected chi connectivity index (χ0v) is 41.3. The molecule has 362 valence electrons. The fourth-order valence-electron chi connectivity index (χ4n) is 7.12. The van der Waals surface area contributed by atoms with Crippen LogP contribution in [0.1, 0.15) is 252 Å². The lowest BCUT2D eigenvalue weighted by molar-refractivity contribution is -0.167. The Labute approximate surface area is 389 Å². The molecule has 0 N–H and O–H groups in total. The molecule has 0 aliphatic heterocycles. The first-order valence-corrected chi connectivity index (χ1v) is 26.4. The second kappa shape index (κ2) is 51.5. The Morgan fingerprint density at radius 3 is 0.937 bits per heavy atom. The Morgan fingerprint density at radius 1 is 0.317 bits per heavy atom. The quantitative estimate of drug-likeness (QED) is 0.0262. The second-order valence-corrected chi connectivity index (χ2v) is 17.4. The van der Waals surface area contributed by atoms with Crippen LogP contribution in [0.2, 0.25) is 0 Å². The molecule has 0 rings (SSSR count). The van der Waals surface area contributed by atoms with Crippen LogP contribution in [0.15, 0.2) is 72.9 Å². The van der Waals surface area contributed by atoms with Crippen molar-refractivity contribution in [3.05, 3.63) is 72.9 Å². The van der Waals surface area contributed by atoms with Crippen molar-refractivity contribution in [3.8, 4) is 0 Å². The summed E-state index contributed by atoms with van der Waals surface area (Å²) in [5, 5.41) is 0. The van der Waals surface area contributed by atoms with Gasteiger partial charge in [-0.1, -0.05) is 190 Å². The minimum atomic E-state index is -0.795. The average molecular weight is 879 g/mol. The van der Waals surface area contributed by atoms with Gasteiger partial charge < -0.3 is 14.2 Å². The average Bonchev–Trinajstić information content (AvgIpc) is 3.28. The van der Waals surface area contributed by atoms with E-state index < -0.39 is 6.10 Å². The minimum absolute atomic E-state index is 0.0930. The number of unbranched alkanes of at least 4 members (excludes halogenated alkanes) is 24. The Morgan fingerprint density at radius 2 is 0.571 bits per heavy atom. The lowest BCUT2D eigenvalue weighted by atomic mass is 10.1. The van der Waals surface area contributed by atoms with Gasteiger partial charge in [0, 0.05) is 19.3 Å². The highest BCUT2D eigenvalue weighted by molar-refractivity contribution is 5.71. The predicted molar refractivity (Wildman–Crippen MR) is 270 cm³/mol. The van der Waals surface area contributed by atoms with Crippen molar-refractivity contribution in [2.24, 2.45) is 0 Å². The molecule has 6 heteroatoms. The lowest BCUT2D eigenvalue weighted by Gasteiger charge is -2.18. The SMILES string of the molecule is CCCCC/C=C/C/C=C/C/C=C/CCCCCCC(=O)OC[C@@H](COC(=O)CCCCCCC/C=C/CCCCCC)OC(=O)CCCCCCC/C=C/C/C=C/CCCCC. The molecule has 0 aromatic heterocycles. The van der Waals surface area contributed by atoms with Crippen LogP contribution in [0.25, 0.3) is 0 Å². The van der Waals surface area contributed by atoms with E-state index >= 15 is 0 Å². The fourth-order valence-corrected chi connectivity index (χ4v) is 7.12. The van der Waals surface area contributed by atoms with Crippen LogP contribution in [-0.2, 0) is 28.6 Å². The van der Waals surface area contributed by atoms with E-state index in [-0.39, 0.29) is 31.1 Å². The third kappa shape index (κ3) is 49.7. The molecule has 0 radical (unpaired) electrons. The summed E-state index contributed by atoms with van der Waals surface area (Å²) < 4.78 is 16.8. The van der Waals surface area contributed by atoms with Gasteiger partial charge in [0.05, 0.1) is 0 Å². The maximum atomic E-state index is 12.8. The van der Waals surface area contributed by atoms with E-state index in [1.54, 1.807) is 0 Å². The van der Waals surface area contributed by atoms with Crippen LogP contribution in [0.4, 0.5) is 0 Å². The number of esters is 3. The molecule has 63 heavy (non-hydrogen) atoms. The van der Waals surface area contributed by atoms with Gasteiger partial charge in [-0.15, -0.1) is 0 Å². The molecule has 0 aromatic rings. The molecule has 0 aromatic carbocycles. The third-order valence-electron chi connectivity index (χ3n) is 11.2. The molecule has 0 aliphatic rings. The zero-order chi connectivity index (χ0) is 45.8. The normalized spacial score (nSPS) is 12.6. The van der Waals surface area contributed by atoms with Crippen molar-refractivity contribution in [2.45, 2.75) is 258 Å². The molecule has 0 heterocycles. The second-order valence-electron chi connectivity index (χ2n) is 17.4. The van der Waals surface area contributed by atoms with E-state index in [2.05, 4.69) is 93.7 Å². The maximum absolute atomic E-state index is 12.8. The third-order valence-corrected chi connectivity index (χ3v) is 11.2. The molecular weight excluding hydrogens is 781 g/mol. The smallest absolute Gasteiger partial charge is 0.306 e. The molecule has 0 saturated heterocycles. The summed E-state index contributed by atoms with van der Waals surface area (Å²) in [5.74, 6) is -0.935.